The van der Waals surface area contributed by atoms with E-state index < -0.39 is 10.1 Å². The van der Waals surface area contributed by atoms with E-state index in [4.69, 9.17) is 10.3 Å². The van der Waals surface area contributed by atoms with Crippen molar-refractivity contribution in [2.75, 3.05) is 5.73 Å². The van der Waals surface area contributed by atoms with E-state index in [1.54, 1.807) is 18.2 Å². The van der Waals surface area contributed by atoms with Gasteiger partial charge < -0.3 is 5.73 Å². The van der Waals surface area contributed by atoms with Gasteiger partial charge in [0.25, 0.3) is 10.1 Å². The lowest BCUT2D eigenvalue weighted by molar-refractivity contribution is 0.484. The molecular formula is C9H8N2O3S. The molecule has 5 nitrogen and oxygen atoms in total. The van der Waals surface area contributed by atoms with Crippen molar-refractivity contribution >= 4 is 26.7 Å². The Morgan fingerprint density at radius 2 is 2.07 bits per heavy atom. The van der Waals surface area contributed by atoms with Gasteiger partial charge in [-0.2, -0.15) is 8.42 Å². The molecule has 1 heterocycles. The molecule has 0 atom stereocenters. The third-order valence-electron chi connectivity index (χ3n) is 1.97. The molecule has 0 bridgehead atoms. The fourth-order valence-electron chi connectivity index (χ4n) is 1.38. The summed E-state index contributed by atoms with van der Waals surface area (Å²) < 4.78 is 31.1. The lowest BCUT2D eigenvalue weighted by Crippen LogP contribution is -2.01. The number of hydrogen-bond donors (Lipinski definition) is 2. The van der Waals surface area contributed by atoms with Crippen LogP contribution in [0.2, 0.25) is 0 Å². The van der Waals surface area contributed by atoms with Crippen molar-refractivity contribution in [3.05, 3.63) is 30.5 Å². The molecule has 0 aliphatic carbocycles. The average Bonchev–Trinajstić information content (AvgIpc) is 2.15. The van der Waals surface area contributed by atoms with Crippen molar-refractivity contribution in [3.8, 4) is 0 Å². The Kier molecular flexibility index (Phi) is 2.09. The second-order valence-corrected chi connectivity index (χ2v) is 4.46. The van der Waals surface area contributed by atoms with Gasteiger partial charge in [-0.15, -0.1) is 0 Å². The predicted molar refractivity (Wildman–Crippen MR) is 56.0 cm³/mol. The van der Waals surface area contributed by atoms with Gasteiger partial charge in [-0.05, 0) is 18.2 Å². The lowest BCUT2D eigenvalue weighted by Gasteiger charge is -2.03. The number of nitrogens with zero attached hydrogens (tertiary/aromatic N) is 1. The zero-order chi connectivity index (χ0) is 11.1. The molecule has 0 unspecified atom stereocenters. The van der Waals surface area contributed by atoms with Crippen molar-refractivity contribution in [1.29, 1.82) is 0 Å². The van der Waals surface area contributed by atoms with Gasteiger partial charge in [0.05, 0.1) is 5.52 Å². The molecule has 0 amide bonds. The highest BCUT2D eigenvalue weighted by Gasteiger charge is 2.15. The van der Waals surface area contributed by atoms with Crippen LogP contribution in [0.5, 0.6) is 0 Å². The second-order valence-electron chi connectivity index (χ2n) is 3.07. The number of rotatable bonds is 1. The van der Waals surface area contributed by atoms with E-state index in [2.05, 4.69) is 4.98 Å². The number of nitrogens with two attached hydrogens (primary N) is 1. The highest BCUT2D eigenvalue weighted by atomic mass is 32.2. The zero-order valence-electron chi connectivity index (χ0n) is 7.58. The van der Waals surface area contributed by atoms with Crippen LogP contribution in [0.15, 0.2) is 35.4 Å². The van der Waals surface area contributed by atoms with Crippen LogP contribution in [0, 0.1) is 0 Å². The fraction of sp³-hybridized carbons (Fsp3) is 0. The first-order valence-corrected chi connectivity index (χ1v) is 5.54. The van der Waals surface area contributed by atoms with E-state index >= 15 is 0 Å². The summed E-state index contributed by atoms with van der Waals surface area (Å²) >= 11 is 0. The number of hydrogen-bond acceptors (Lipinski definition) is 4. The van der Waals surface area contributed by atoms with Crippen LogP contribution in [-0.2, 0) is 10.1 Å². The Morgan fingerprint density at radius 1 is 1.33 bits per heavy atom. The van der Waals surface area contributed by atoms with E-state index in [0.717, 1.165) is 0 Å². The smallest absolute Gasteiger partial charge is 0.296 e. The van der Waals surface area contributed by atoms with E-state index in [9.17, 15) is 8.42 Å². The number of anilines is 1. The molecule has 0 aliphatic heterocycles. The number of aromatic nitrogens is 1. The number of benzene rings is 1. The van der Waals surface area contributed by atoms with Crippen molar-refractivity contribution in [2.24, 2.45) is 0 Å². The van der Waals surface area contributed by atoms with Crippen molar-refractivity contribution in [3.63, 3.8) is 0 Å². The van der Waals surface area contributed by atoms with Gasteiger partial charge in [-0.3, -0.25) is 9.54 Å². The first kappa shape index (κ1) is 9.88. The zero-order valence-corrected chi connectivity index (χ0v) is 8.40. The summed E-state index contributed by atoms with van der Waals surface area (Å²) in [7, 11) is -4.29. The summed E-state index contributed by atoms with van der Waals surface area (Å²) in [6, 6.07) is 6.12. The average molecular weight is 224 g/mol. The van der Waals surface area contributed by atoms with Gasteiger partial charge in [-0.1, -0.05) is 6.07 Å². The normalized spacial score (nSPS) is 11.8. The molecule has 1 aromatic heterocycles. The van der Waals surface area contributed by atoms with Gasteiger partial charge in [0.1, 0.15) is 4.90 Å². The Morgan fingerprint density at radius 3 is 2.73 bits per heavy atom. The minimum atomic E-state index is -4.29. The number of nitrogen functional groups attached to an aromatic ring is 1. The highest BCUT2D eigenvalue weighted by Crippen LogP contribution is 2.23. The quantitative estimate of drug-likeness (QED) is 0.558. The summed E-state index contributed by atoms with van der Waals surface area (Å²) in [5.41, 5.74) is 6.00. The molecule has 0 fully saturated rings. The van der Waals surface area contributed by atoms with Gasteiger partial charge in [0, 0.05) is 17.3 Å². The van der Waals surface area contributed by atoms with E-state index in [1.165, 1.54) is 12.3 Å². The van der Waals surface area contributed by atoms with Gasteiger partial charge in [0.2, 0.25) is 0 Å². The topological polar surface area (TPSA) is 93.3 Å². The molecule has 2 aromatic rings. The number of pyridine rings is 1. The van der Waals surface area contributed by atoms with Crippen LogP contribution < -0.4 is 5.73 Å². The van der Waals surface area contributed by atoms with Gasteiger partial charge in [0.15, 0.2) is 0 Å². The summed E-state index contributed by atoms with van der Waals surface area (Å²) in [5, 5.41) is 0.574. The van der Waals surface area contributed by atoms with Gasteiger partial charge >= 0.3 is 0 Å². The first-order valence-electron chi connectivity index (χ1n) is 4.10. The first-order chi connectivity index (χ1) is 6.98. The monoisotopic (exact) mass is 224 g/mol. The maximum atomic E-state index is 11.1. The van der Waals surface area contributed by atoms with Crippen molar-refractivity contribution < 1.29 is 13.0 Å². The van der Waals surface area contributed by atoms with Crippen LogP contribution >= 0.6 is 0 Å². The third-order valence-corrected chi connectivity index (χ3v) is 2.84. The molecule has 3 N–H and O–H groups in total. The summed E-state index contributed by atoms with van der Waals surface area (Å²) in [6.45, 7) is 0. The predicted octanol–water partition coefficient (Wildman–Crippen LogP) is 1.06. The van der Waals surface area contributed by atoms with Gasteiger partial charge in [-0.25, -0.2) is 0 Å². The van der Waals surface area contributed by atoms with Crippen molar-refractivity contribution in [1.82, 2.24) is 4.98 Å². The fourth-order valence-corrected chi connectivity index (χ4v) is 2.08. The SMILES string of the molecule is Nc1cc(S(=O)(=O)O)c2ncccc2c1. The minimum Gasteiger partial charge on any atom is -0.399 e. The molecule has 0 saturated heterocycles. The Bertz CT molecular complexity index is 622. The van der Waals surface area contributed by atoms with Crippen LogP contribution in [-0.4, -0.2) is 18.0 Å². The molecular weight excluding hydrogens is 216 g/mol. The molecule has 0 saturated carbocycles. The van der Waals surface area contributed by atoms with E-state index in [1.807, 2.05) is 0 Å². The number of fused-ring (bicyclic) bond motifs is 1. The maximum absolute atomic E-state index is 11.1. The molecule has 1 aromatic carbocycles. The summed E-state index contributed by atoms with van der Waals surface area (Å²) in [6.07, 6.45) is 1.45. The molecule has 15 heavy (non-hydrogen) atoms. The third kappa shape index (κ3) is 1.77. The second kappa shape index (κ2) is 3.18. The summed E-state index contributed by atoms with van der Waals surface area (Å²) in [4.78, 5) is 3.63. The van der Waals surface area contributed by atoms with Crippen LogP contribution in [0.1, 0.15) is 0 Å². The molecule has 2 rings (SSSR count). The van der Waals surface area contributed by atoms with E-state index in [0.29, 0.717) is 5.39 Å². The molecule has 6 heteroatoms. The highest BCUT2D eigenvalue weighted by molar-refractivity contribution is 7.86. The minimum absolute atomic E-state index is 0.217. The van der Waals surface area contributed by atoms with Crippen LogP contribution in [0.25, 0.3) is 10.9 Å². The Hall–Kier alpha value is -1.66. The van der Waals surface area contributed by atoms with Crippen LogP contribution in [0.4, 0.5) is 5.69 Å². The van der Waals surface area contributed by atoms with Crippen molar-refractivity contribution in [2.45, 2.75) is 4.90 Å². The molecule has 0 aliphatic rings. The molecule has 0 spiro atoms. The lowest BCUT2D eigenvalue weighted by atomic mass is 10.2. The Labute approximate surface area is 86.3 Å². The largest absolute Gasteiger partial charge is 0.399 e. The molecule has 78 valence electrons. The standard InChI is InChI=1S/C9H8N2O3S/c10-7-4-6-2-1-3-11-9(6)8(5-7)15(12,13)14/h1-5H,10H2,(H,12,13,14). The summed E-state index contributed by atoms with van der Waals surface area (Å²) in [5.74, 6) is 0. The Balaban J connectivity index is 2.96. The van der Waals surface area contributed by atoms with E-state index in [-0.39, 0.29) is 16.1 Å². The van der Waals surface area contributed by atoms with Crippen LogP contribution in [0.3, 0.4) is 0 Å². The molecule has 0 radical (unpaired) electrons. The maximum Gasteiger partial charge on any atom is 0.296 e.